The number of amides is 1. The van der Waals surface area contributed by atoms with Gasteiger partial charge in [0.05, 0.1) is 11.0 Å². The molecule has 2 N–H and O–H groups in total. The Morgan fingerprint density at radius 3 is 2.85 bits per heavy atom. The van der Waals surface area contributed by atoms with Gasteiger partial charge in [0.2, 0.25) is 0 Å². The number of H-pyrrole nitrogens is 2. The average molecular weight is 377 g/mol. The van der Waals surface area contributed by atoms with Crippen LogP contribution in [0.15, 0.2) is 24.3 Å². The summed E-state index contributed by atoms with van der Waals surface area (Å²) in [4.78, 5) is 22.1. The Labute approximate surface area is 152 Å². The van der Waals surface area contributed by atoms with Crippen LogP contribution in [-0.2, 0) is 6.18 Å². The molecule has 2 aromatic heterocycles. The molecule has 1 aromatic carbocycles. The first-order valence-electron chi connectivity index (χ1n) is 8.70. The van der Waals surface area contributed by atoms with Crippen molar-refractivity contribution in [3.05, 3.63) is 47.0 Å². The highest BCUT2D eigenvalue weighted by atomic mass is 19.4. The molecule has 3 aromatic rings. The van der Waals surface area contributed by atoms with Crippen molar-refractivity contribution in [3.63, 3.8) is 0 Å². The van der Waals surface area contributed by atoms with Crippen LogP contribution >= 0.6 is 0 Å². The Morgan fingerprint density at radius 1 is 1.33 bits per heavy atom. The van der Waals surface area contributed by atoms with Crippen LogP contribution in [0.3, 0.4) is 0 Å². The third-order valence-corrected chi connectivity index (χ3v) is 4.93. The molecule has 1 fully saturated rings. The van der Waals surface area contributed by atoms with E-state index in [0.717, 1.165) is 41.3 Å². The van der Waals surface area contributed by atoms with Crippen LogP contribution in [-0.4, -0.2) is 44.1 Å². The SMILES string of the molecule is Cc1cccc2[nH]c([C@@H]3CCCN(C(=O)c4cc(C(F)(F)F)[nH]n4)C3)nc12. The number of nitrogens with zero attached hydrogens (tertiary/aromatic N) is 3. The highest BCUT2D eigenvalue weighted by molar-refractivity contribution is 5.92. The third-order valence-electron chi connectivity index (χ3n) is 4.93. The Hall–Kier alpha value is -2.84. The van der Waals surface area contributed by atoms with Gasteiger partial charge in [-0.3, -0.25) is 9.89 Å². The second kappa shape index (κ2) is 6.40. The van der Waals surface area contributed by atoms with Crippen molar-refractivity contribution in [1.82, 2.24) is 25.1 Å². The molecule has 0 spiro atoms. The number of rotatable bonds is 2. The van der Waals surface area contributed by atoms with Crippen LogP contribution in [0.4, 0.5) is 13.2 Å². The monoisotopic (exact) mass is 377 g/mol. The lowest BCUT2D eigenvalue weighted by molar-refractivity contribution is -0.141. The van der Waals surface area contributed by atoms with E-state index in [1.807, 2.05) is 30.2 Å². The largest absolute Gasteiger partial charge is 0.432 e. The van der Waals surface area contributed by atoms with Gasteiger partial charge in [0.15, 0.2) is 5.69 Å². The maximum absolute atomic E-state index is 12.7. The zero-order valence-corrected chi connectivity index (χ0v) is 14.6. The molecule has 1 atom stereocenters. The van der Waals surface area contributed by atoms with Gasteiger partial charge in [-0.1, -0.05) is 12.1 Å². The summed E-state index contributed by atoms with van der Waals surface area (Å²) in [5.74, 6) is 0.309. The first-order valence-corrected chi connectivity index (χ1v) is 8.70. The Balaban J connectivity index is 1.54. The van der Waals surface area contributed by atoms with E-state index in [4.69, 9.17) is 0 Å². The number of fused-ring (bicyclic) bond motifs is 1. The smallest absolute Gasteiger partial charge is 0.342 e. The standard InChI is InChI=1S/C18H18F3N5O/c1-10-4-2-6-12-15(10)23-16(22-12)11-5-3-7-26(9-11)17(27)13-8-14(25-24-13)18(19,20)21/h2,4,6,8,11H,3,5,7,9H2,1H3,(H,22,23)(H,24,25)/t11-/m1/s1. The number of carbonyl (C=O) groups excluding carboxylic acids is 1. The van der Waals surface area contributed by atoms with E-state index >= 15 is 0 Å². The summed E-state index contributed by atoms with van der Waals surface area (Å²) in [7, 11) is 0. The lowest BCUT2D eigenvalue weighted by atomic mass is 9.97. The van der Waals surface area contributed by atoms with Crippen molar-refractivity contribution >= 4 is 16.9 Å². The van der Waals surface area contributed by atoms with Crippen molar-refractivity contribution in [1.29, 1.82) is 0 Å². The molecule has 0 bridgehead atoms. The van der Waals surface area contributed by atoms with Crippen molar-refractivity contribution in [3.8, 4) is 0 Å². The van der Waals surface area contributed by atoms with Crippen LogP contribution in [0.25, 0.3) is 11.0 Å². The number of aromatic amines is 2. The summed E-state index contributed by atoms with van der Waals surface area (Å²) in [6.45, 7) is 2.87. The number of likely N-dealkylation sites (tertiary alicyclic amines) is 1. The van der Waals surface area contributed by atoms with Crippen LogP contribution < -0.4 is 0 Å². The number of benzene rings is 1. The molecule has 6 nitrogen and oxygen atoms in total. The lowest BCUT2D eigenvalue weighted by Crippen LogP contribution is -2.39. The van der Waals surface area contributed by atoms with Gasteiger partial charge in [-0.15, -0.1) is 0 Å². The van der Waals surface area contributed by atoms with Crippen LogP contribution in [0.1, 0.15) is 46.3 Å². The normalized spacial score (nSPS) is 18.2. The van der Waals surface area contributed by atoms with E-state index in [0.29, 0.717) is 13.1 Å². The zero-order chi connectivity index (χ0) is 19.2. The van der Waals surface area contributed by atoms with Gasteiger partial charge in [0.1, 0.15) is 11.5 Å². The molecule has 142 valence electrons. The molecule has 1 amide bonds. The number of aryl methyl sites for hydroxylation is 1. The number of carbonyl (C=O) groups is 1. The summed E-state index contributed by atoms with van der Waals surface area (Å²) in [6, 6.07) is 6.65. The fourth-order valence-corrected chi connectivity index (χ4v) is 3.51. The summed E-state index contributed by atoms with van der Waals surface area (Å²) < 4.78 is 38.1. The van der Waals surface area contributed by atoms with Crippen LogP contribution in [0.5, 0.6) is 0 Å². The van der Waals surface area contributed by atoms with Crippen molar-refractivity contribution < 1.29 is 18.0 Å². The number of piperidine rings is 1. The maximum Gasteiger partial charge on any atom is 0.432 e. The number of hydrogen-bond acceptors (Lipinski definition) is 3. The molecule has 0 radical (unpaired) electrons. The summed E-state index contributed by atoms with van der Waals surface area (Å²) in [5.41, 5.74) is 1.67. The lowest BCUT2D eigenvalue weighted by Gasteiger charge is -2.31. The summed E-state index contributed by atoms with van der Waals surface area (Å²) >= 11 is 0. The van der Waals surface area contributed by atoms with Crippen molar-refractivity contribution in [2.75, 3.05) is 13.1 Å². The highest BCUT2D eigenvalue weighted by Crippen LogP contribution is 2.30. The molecular formula is C18H18F3N5O. The molecule has 1 saturated heterocycles. The number of alkyl halides is 3. The zero-order valence-electron chi connectivity index (χ0n) is 14.6. The molecule has 3 heterocycles. The third kappa shape index (κ3) is 3.29. The van der Waals surface area contributed by atoms with E-state index in [9.17, 15) is 18.0 Å². The quantitative estimate of drug-likeness (QED) is 0.716. The van der Waals surface area contributed by atoms with Gasteiger partial charge in [0, 0.05) is 25.1 Å². The summed E-state index contributed by atoms with van der Waals surface area (Å²) in [5, 5.41) is 5.43. The van der Waals surface area contributed by atoms with Gasteiger partial charge >= 0.3 is 6.18 Å². The minimum atomic E-state index is -4.55. The molecular weight excluding hydrogens is 359 g/mol. The molecule has 9 heteroatoms. The molecule has 4 rings (SSSR count). The minimum absolute atomic E-state index is 0.00975. The minimum Gasteiger partial charge on any atom is -0.342 e. The van der Waals surface area contributed by atoms with Crippen molar-refractivity contribution in [2.24, 2.45) is 0 Å². The Kier molecular flexibility index (Phi) is 4.16. The maximum atomic E-state index is 12.7. The van der Waals surface area contributed by atoms with Gasteiger partial charge in [0.25, 0.3) is 5.91 Å². The number of nitrogens with one attached hydrogen (secondary N) is 2. The fraction of sp³-hybridized carbons (Fsp3) is 0.389. The molecule has 1 aliphatic rings. The fourth-order valence-electron chi connectivity index (χ4n) is 3.51. The number of para-hydroxylation sites is 1. The first-order chi connectivity index (χ1) is 12.8. The summed E-state index contributed by atoms with van der Waals surface area (Å²) in [6.07, 6.45) is -2.94. The second-order valence-corrected chi connectivity index (χ2v) is 6.85. The number of hydrogen-bond donors (Lipinski definition) is 2. The highest BCUT2D eigenvalue weighted by Gasteiger charge is 2.35. The number of halogens is 3. The van der Waals surface area contributed by atoms with Crippen LogP contribution in [0.2, 0.25) is 0 Å². The van der Waals surface area contributed by atoms with Crippen molar-refractivity contribution in [2.45, 2.75) is 31.9 Å². The van der Waals surface area contributed by atoms with Gasteiger partial charge in [-0.25, -0.2) is 4.98 Å². The van der Waals surface area contributed by atoms with E-state index < -0.39 is 17.8 Å². The second-order valence-electron chi connectivity index (χ2n) is 6.85. The van der Waals surface area contributed by atoms with E-state index in [-0.39, 0.29) is 11.6 Å². The number of imidazole rings is 1. The molecule has 27 heavy (non-hydrogen) atoms. The topological polar surface area (TPSA) is 77.7 Å². The van der Waals surface area contributed by atoms with E-state index in [1.165, 1.54) is 0 Å². The number of aromatic nitrogens is 4. The van der Waals surface area contributed by atoms with Gasteiger partial charge in [-0.05, 0) is 31.4 Å². The predicted molar refractivity (Wildman–Crippen MR) is 92.3 cm³/mol. The molecule has 0 unspecified atom stereocenters. The molecule has 1 aliphatic heterocycles. The van der Waals surface area contributed by atoms with Gasteiger partial charge < -0.3 is 9.88 Å². The Morgan fingerprint density at radius 2 is 2.15 bits per heavy atom. The Bertz CT molecular complexity index is 990. The first kappa shape index (κ1) is 17.6. The van der Waals surface area contributed by atoms with E-state index in [2.05, 4.69) is 15.1 Å². The van der Waals surface area contributed by atoms with E-state index in [1.54, 1.807) is 4.90 Å². The average Bonchev–Trinajstić information content (AvgIpc) is 3.29. The molecule has 0 saturated carbocycles. The van der Waals surface area contributed by atoms with Crippen LogP contribution in [0, 0.1) is 6.92 Å². The molecule has 0 aliphatic carbocycles. The van der Waals surface area contributed by atoms with Gasteiger partial charge in [-0.2, -0.15) is 18.3 Å². The predicted octanol–water partition coefficient (Wildman–Crippen LogP) is 3.63.